The Hall–Kier alpha value is -2.08. The Morgan fingerprint density at radius 2 is 1.92 bits per heavy atom. The van der Waals surface area contributed by atoms with Crippen molar-refractivity contribution in [2.75, 3.05) is 20.2 Å². The molecule has 6 heteroatoms. The Morgan fingerprint density at radius 3 is 2.46 bits per heavy atom. The Kier molecular flexibility index (Phi) is 5.81. The van der Waals surface area contributed by atoms with E-state index >= 15 is 0 Å². The molecule has 2 fully saturated rings. The molecule has 1 atom stereocenters. The lowest BCUT2D eigenvalue weighted by molar-refractivity contribution is -0.140. The van der Waals surface area contributed by atoms with E-state index in [4.69, 9.17) is 9.84 Å². The lowest BCUT2D eigenvalue weighted by Gasteiger charge is -2.43. The van der Waals surface area contributed by atoms with Gasteiger partial charge in [-0.3, -0.25) is 14.5 Å². The molecule has 3 rings (SSSR count). The smallest absolute Gasteiger partial charge is 0.317 e. The maximum Gasteiger partial charge on any atom is 0.317 e. The maximum atomic E-state index is 12.5. The van der Waals surface area contributed by atoms with Gasteiger partial charge in [0.25, 0.3) is 0 Å². The topological polar surface area (TPSA) is 78.9 Å². The zero-order valence-electron chi connectivity index (χ0n) is 15.5. The summed E-state index contributed by atoms with van der Waals surface area (Å²) in [6, 6.07) is 7.96. The van der Waals surface area contributed by atoms with Crippen LogP contribution in [0.25, 0.3) is 0 Å². The van der Waals surface area contributed by atoms with Gasteiger partial charge in [0, 0.05) is 18.6 Å². The molecule has 0 aromatic heterocycles. The predicted octanol–water partition coefficient (Wildman–Crippen LogP) is 2.24. The molecular weight excluding hydrogens is 332 g/mol. The zero-order valence-corrected chi connectivity index (χ0v) is 15.5. The highest BCUT2D eigenvalue weighted by Crippen LogP contribution is 2.34. The highest BCUT2D eigenvalue weighted by atomic mass is 16.5. The quantitative estimate of drug-likeness (QED) is 0.706. The van der Waals surface area contributed by atoms with E-state index in [0.29, 0.717) is 5.92 Å². The first-order valence-corrected chi connectivity index (χ1v) is 9.36. The molecule has 0 saturated heterocycles. The van der Waals surface area contributed by atoms with Gasteiger partial charge in [-0.1, -0.05) is 12.1 Å². The van der Waals surface area contributed by atoms with Crippen LogP contribution in [0.1, 0.15) is 44.1 Å². The van der Waals surface area contributed by atoms with Crippen molar-refractivity contribution in [1.82, 2.24) is 10.2 Å². The number of carboxylic acid groups (broad SMARTS) is 1. The van der Waals surface area contributed by atoms with Gasteiger partial charge >= 0.3 is 5.97 Å². The van der Waals surface area contributed by atoms with Crippen LogP contribution in [0.5, 0.6) is 5.75 Å². The lowest BCUT2D eigenvalue weighted by atomic mass is 9.84. The number of benzene rings is 1. The molecule has 2 N–H and O–H groups in total. The van der Waals surface area contributed by atoms with Crippen molar-refractivity contribution >= 4 is 11.9 Å². The Balaban J connectivity index is 1.47. The summed E-state index contributed by atoms with van der Waals surface area (Å²) in [5.74, 6) is 0.467. The van der Waals surface area contributed by atoms with Crippen molar-refractivity contribution in [3.8, 4) is 5.75 Å². The number of carbonyl (C=O) groups is 2. The van der Waals surface area contributed by atoms with Crippen LogP contribution in [0.2, 0.25) is 0 Å². The fourth-order valence-electron chi connectivity index (χ4n) is 3.52. The molecule has 0 aliphatic heterocycles. The summed E-state index contributed by atoms with van der Waals surface area (Å²) in [5.41, 5.74) is 0.959. The first-order valence-electron chi connectivity index (χ1n) is 9.36. The van der Waals surface area contributed by atoms with Gasteiger partial charge in [0.15, 0.2) is 0 Å². The van der Waals surface area contributed by atoms with Gasteiger partial charge < -0.3 is 15.2 Å². The minimum Gasteiger partial charge on any atom is -0.497 e. The van der Waals surface area contributed by atoms with E-state index < -0.39 is 5.97 Å². The van der Waals surface area contributed by atoms with Crippen molar-refractivity contribution in [1.29, 1.82) is 0 Å². The van der Waals surface area contributed by atoms with Crippen LogP contribution in [-0.2, 0) is 9.59 Å². The largest absolute Gasteiger partial charge is 0.497 e. The van der Waals surface area contributed by atoms with E-state index in [0.717, 1.165) is 30.7 Å². The molecular formula is C20H28N2O4. The minimum atomic E-state index is -0.772. The summed E-state index contributed by atoms with van der Waals surface area (Å²) in [5, 5.41) is 12.2. The molecule has 6 nitrogen and oxygen atoms in total. The van der Waals surface area contributed by atoms with Crippen molar-refractivity contribution < 1.29 is 19.4 Å². The first-order chi connectivity index (χ1) is 12.5. The monoisotopic (exact) mass is 360 g/mol. The van der Waals surface area contributed by atoms with E-state index in [-0.39, 0.29) is 30.5 Å². The molecule has 1 aromatic carbocycles. The van der Waals surface area contributed by atoms with Gasteiger partial charge in [0.05, 0.1) is 19.6 Å². The second kappa shape index (κ2) is 8.08. The number of carboxylic acids is 1. The summed E-state index contributed by atoms with van der Waals surface area (Å²) in [6.45, 7) is 2.88. The Labute approximate surface area is 154 Å². The molecule has 0 spiro atoms. The molecule has 0 heterocycles. The molecule has 1 amide bonds. The van der Waals surface area contributed by atoms with Gasteiger partial charge in [-0.25, -0.2) is 0 Å². The van der Waals surface area contributed by atoms with E-state index in [1.165, 1.54) is 12.8 Å². The summed E-state index contributed by atoms with van der Waals surface area (Å²) in [6.07, 6.45) is 4.09. The third-order valence-electron chi connectivity index (χ3n) is 5.51. The molecule has 2 saturated carbocycles. The van der Waals surface area contributed by atoms with Crippen molar-refractivity contribution in [3.05, 3.63) is 29.8 Å². The molecule has 1 aromatic rings. The second-order valence-electron chi connectivity index (χ2n) is 7.59. The van der Waals surface area contributed by atoms with Gasteiger partial charge in [-0.05, 0) is 56.2 Å². The van der Waals surface area contributed by atoms with E-state index in [1.54, 1.807) is 7.11 Å². The van der Waals surface area contributed by atoms with Gasteiger partial charge in [-0.2, -0.15) is 0 Å². The summed E-state index contributed by atoms with van der Waals surface area (Å²) < 4.78 is 5.15. The number of nitrogens with one attached hydrogen (secondary N) is 1. The molecule has 2 aliphatic rings. The SMILES string of the molecule is COc1ccc([C@H](C)C(=O)NC2CC(N(CC(=O)O)CC3CC3)C2)cc1. The zero-order chi connectivity index (χ0) is 18.7. The van der Waals surface area contributed by atoms with Crippen LogP contribution in [0.15, 0.2) is 24.3 Å². The molecule has 0 bridgehead atoms. The summed E-state index contributed by atoms with van der Waals surface area (Å²) in [7, 11) is 1.62. The van der Waals surface area contributed by atoms with Gasteiger partial charge in [0.2, 0.25) is 5.91 Å². The molecule has 0 radical (unpaired) electrons. The molecule has 2 aliphatic carbocycles. The van der Waals surface area contributed by atoms with Crippen LogP contribution in [0, 0.1) is 5.92 Å². The molecule has 142 valence electrons. The number of amides is 1. The van der Waals surface area contributed by atoms with Crippen molar-refractivity contribution in [3.63, 3.8) is 0 Å². The number of ether oxygens (including phenoxy) is 1. The average molecular weight is 360 g/mol. The van der Waals surface area contributed by atoms with E-state index in [2.05, 4.69) is 10.2 Å². The summed E-state index contributed by atoms with van der Waals surface area (Å²) >= 11 is 0. The minimum absolute atomic E-state index is 0.0191. The highest BCUT2D eigenvalue weighted by Gasteiger charge is 2.38. The van der Waals surface area contributed by atoms with E-state index in [9.17, 15) is 9.59 Å². The van der Waals surface area contributed by atoms with E-state index in [1.807, 2.05) is 31.2 Å². The predicted molar refractivity (Wildman–Crippen MR) is 98.3 cm³/mol. The van der Waals surface area contributed by atoms with Crippen LogP contribution >= 0.6 is 0 Å². The van der Waals surface area contributed by atoms with Crippen LogP contribution in [0.3, 0.4) is 0 Å². The van der Waals surface area contributed by atoms with Crippen LogP contribution < -0.4 is 10.1 Å². The normalized spacial score (nSPS) is 23.2. The Bertz CT molecular complexity index is 636. The van der Waals surface area contributed by atoms with Crippen molar-refractivity contribution in [2.24, 2.45) is 5.92 Å². The molecule has 26 heavy (non-hydrogen) atoms. The fourth-order valence-corrected chi connectivity index (χ4v) is 3.52. The second-order valence-corrected chi connectivity index (χ2v) is 7.59. The number of aliphatic carboxylic acids is 1. The van der Waals surface area contributed by atoms with Crippen LogP contribution in [-0.4, -0.2) is 54.2 Å². The standard InChI is InChI=1S/C20H28N2O4/c1-13(15-5-7-18(26-2)8-6-15)20(25)21-16-9-17(10-16)22(12-19(23)24)11-14-3-4-14/h5-8,13-14,16-17H,3-4,9-12H2,1-2H3,(H,21,25)(H,23,24)/t13-,16?,17?/m0/s1. The summed E-state index contributed by atoms with van der Waals surface area (Å²) in [4.78, 5) is 25.7. The number of hydrogen-bond donors (Lipinski definition) is 2. The number of carbonyl (C=O) groups excluding carboxylic acids is 1. The average Bonchev–Trinajstić information content (AvgIpc) is 3.40. The van der Waals surface area contributed by atoms with Crippen molar-refractivity contribution in [2.45, 2.75) is 50.6 Å². The number of hydrogen-bond acceptors (Lipinski definition) is 4. The maximum absolute atomic E-state index is 12.5. The number of rotatable bonds is 9. The third-order valence-corrected chi connectivity index (χ3v) is 5.51. The first kappa shape index (κ1) is 18.7. The van der Waals surface area contributed by atoms with Gasteiger partial charge in [-0.15, -0.1) is 0 Å². The lowest BCUT2D eigenvalue weighted by Crippen LogP contribution is -2.55. The number of methoxy groups -OCH3 is 1. The van der Waals surface area contributed by atoms with Gasteiger partial charge in [0.1, 0.15) is 5.75 Å². The molecule has 0 unspecified atom stereocenters. The highest BCUT2D eigenvalue weighted by molar-refractivity contribution is 5.83. The third kappa shape index (κ3) is 4.75. The fraction of sp³-hybridized carbons (Fsp3) is 0.600. The Morgan fingerprint density at radius 1 is 1.27 bits per heavy atom. The van der Waals surface area contributed by atoms with Crippen LogP contribution in [0.4, 0.5) is 0 Å². The number of nitrogens with zero attached hydrogens (tertiary/aromatic N) is 1.